The zero-order valence-corrected chi connectivity index (χ0v) is 8.33. The molecule has 1 saturated carbocycles. The summed E-state index contributed by atoms with van der Waals surface area (Å²) in [5, 5.41) is 3.17. The van der Waals surface area contributed by atoms with E-state index in [4.69, 9.17) is 0 Å². The molecule has 1 fully saturated rings. The van der Waals surface area contributed by atoms with E-state index in [-0.39, 0.29) is 0 Å². The van der Waals surface area contributed by atoms with Gasteiger partial charge in [0, 0.05) is 18.8 Å². The van der Waals surface area contributed by atoms with Gasteiger partial charge in [0.05, 0.1) is 12.0 Å². The Morgan fingerprint density at radius 2 is 2.54 bits per heavy atom. The summed E-state index contributed by atoms with van der Waals surface area (Å²) < 4.78 is 2.32. The van der Waals surface area contributed by atoms with E-state index >= 15 is 0 Å². The van der Waals surface area contributed by atoms with Crippen LogP contribution in [0.15, 0.2) is 12.5 Å². The number of hydrogen-bond acceptors (Lipinski definition) is 2. The highest BCUT2D eigenvalue weighted by atomic mass is 15.1. The second-order valence-corrected chi connectivity index (χ2v) is 3.79. The van der Waals surface area contributed by atoms with Gasteiger partial charge in [-0.25, -0.2) is 4.98 Å². The maximum Gasteiger partial charge on any atom is 0.0951 e. The first-order valence-corrected chi connectivity index (χ1v) is 5.02. The summed E-state index contributed by atoms with van der Waals surface area (Å²) in [6.07, 6.45) is 6.56. The number of rotatable bonds is 4. The van der Waals surface area contributed by atoms with Crippen LogP contribution in [-0.2, 0) is 6.54 Å². The van der Waals surface area contributed by atoms with Crippen LogP contribution in [-0.4, -0.2) is 16.6 Å². The smallest absolute Gasteiger partial charge is 0.0951 e. The number of imidazole rings is 1. The molecule has 1 N–H and O–H groups in total. The summed E-state index contributed by atoms with van der Waals surface area (Å²) in [4.78, 5) is 4.19. The molecule has 1 aliphatic carbocycles. The standard InChI is InChI=1S/C10H17N3/c1-3-8-4-10(8)13-7-12-6-9(13)5-11-2/h6-8,10-11H,3-5H2,1-2H3. The molecule has 0 aromatic carbocycles. The molecule has 3 heteroatoms. The Hall–Kier alpha value is -0.830. The Labute approximate surface area is 79.2 Å². The summed E-state index contributed by atoms with van der Waals surface area (Å²) in [6, 6.07) is 0.732. The summed E-state index contributed by atoms with van der Waals surface area (Å²) in [5.74, 6) is 0.893. The molecule has 1 heterocycles. The molecule has 1 aromatic heterocycles. The average Bonchev–Trinajstić information content (AvgIpc) is 2.79. The van der Waals surface area contributed by atoms with Crippen molar-refractivity contribution in [3.63, 3.8) is 0 Å². The predicted molar refractivity (Wildman–Crippen MR) is 52.4 cm³/mol. The van der Waals surface area contributed by atoms with Crippen LogP contribution in [0.25, 0.3) is 0 Å². The van der Waals surface area contributed by atoms with Gasteiger partial charge < -0.3 is 9.88 Å². The van der Waals surface area contributed by atoms with Crippen LogP contribution in [0.1, 0.15) is 31.5 Å². The number of nitrogens with zero attached hydrogens (tertiary/aromatic N) is 2. The van der Waals surface area contributed by atoms with Gasteiger partial charge in [0.1, 0.15) is 0 Å². The van der Waals surface area contributed by atoms with E-state index < -0.39 is 0 Å². The molecule has 0 bridgehead atoms. The molecule has 0 radical (unpaired) electrons. The lowest BCUT2D eigenvalue weighted by Gasteiger charge is -2.06. The Morgan fingerprint density at radius 3 is 3.15 bits per heavy atom. The third-order valence-electron chi connectivity index (χ3n) is 2.87. The van der Waals surface area contributed by atoms with Crippen molar-refractivity contribution in [2.24, 2.45) is 5.92 Å². The fourth-order valence-electron chi connectivity index (χ4n) is 1.96. The van der Waals surface area contributed by atoms with Gasteiger partial charge in [-0.2, -0.15) is 0 Å². The van der Waals surface area contributed by atoms with Gasteiger partial charge in [-0.05, 0) is 19.4 Å². The fraction of sp³-hybridized carbons (Fsp3) is 0.700. The molecule has 1 aromatic rings. The fourth-order valence-corrected chi connectivity index (χ4v) is 1.96. The van der Waals surface area contributed by atoms with Gasteiger partial charge in [0.15, 0.2) is 0 Å². The van der Waals surface area contributed by atoms with E-state index in [0.29, 0.717) is 0 Å². The highest BCUT2D eigenvalue weighted by Gasteiger charge is 2.37. The Kier molecular flexibility index (Phi) is 2.36. The third kappa shape index (κ3) is 1.61. The molecule has 1 aliphatic rings. The molecule has 2 atom stereocenters. The molecule has 0 saturated heterocycles. The van der Waals surface area contributed by atoms with E-state index in [1.807, 2.05) is 19.6 Å². The quantitative estimate of drug-likeness (QED) is 0.760. The van der Waals surface area contributed by atoms with Gasteiger partial charge in [-0.3, -0.25) is 0 Å². The number of nitrogens with one attached hydrogen (secondary N) is 1. The molecule has 13 heavy (non-hydrogen) atoms. The number of aromatic nitrogens is 2. The van der Waals surface area contributed by atoms with Gasteiger partial charge in [0.25, 0.3) is 0 Å². The Bertz CT molecular complexity index is 279. The van der Waals surface area contributed by atoms with E-state index in [0.717, 1.165) is 18.5 Å². The van der Waals surface area contributed by atoms with Crippen LogP contribution in [0.5, 0.6) is 0 Å². The second kappa shape index (κ2) is 3.50. The lowest BCUT2D eigenvalue weighted by atomic mass is 10.3. The summed E-state index contributed by atoms with van der Waals surface area (Å²) in [6.45, 7) is 3.19. The van der Waals surface area contributed by atoms with Crippen LogP contribution >= 0.6 is 0 Å². The largest absolute Gasteiger partial charge is 0.330 e. The molecule has 0 spiro atoms. The van der Waals surface area contributed by atoms with Crippen molar-refractivity contribution in [3.8, 4) is 0 Å². The summed E-state index contributed by atoms with van der Waals surface area (Å²) in [5.41, 5.74) is 1.31. The van der Waals surface area contributed by atoms with Crippen LogP contribution in [0.4, 0.5) is 0 Å². The van der Waals surface area contributed by atoms with Crippen molar-refractivity contribution >= 4 is 0 Å². The van der Waals surface area contributed by atoms with E-state index in [1.165, 1.54) is 18.5 Å². The van der Waals surface area contributed by atoms with Crippen molar-refractivity contribution in [2.45, 2.75) is 32.4 Å². The molecule has 72 valence electrons. The zero-order valence-electron chi connectivity index (χ0n) is 8.33. The molecular formula is C10H17N3. The van der Waals surface area contributed by atoms with E-state index in [1.54, 1.807) is 0 Å². The molecular weight excluding hydrogens is 162 g/mol. The minimum atomic E-state index is 0.732. The SMILES string of the molecule is CCC1CC1n1cncc1CNC. The second-order valence-electron chi connectivity index (χ2n) is 3.79. The lowest BCUT2D eigenvalue weighted by Crippen LogP contribution is -2.10. The third-order valence-corrected chi connectivity index (χ3v) is 2.87. The normalized spacial score (nSPS) is 26.3. The highest BCUT2D eigenvalue weighted by molar-refractivity contribution is 5.05. The van der Waals surface area contributed by atoms with Gasteiger partial charge >= 0.3 is 0 Å². The minimum absolute atomic E-state index is 0.732. The molecule has 0 amide bonds. The topological polar surface area (TPSA) is 29.9 Å². The Morgan fingerprint density at radius 1 is 1.69 bits per heavy atom. The Balaban J connectivity index is 2.07. The van der Waals surface area contributed by atoms with Gasteiger partial charge in [0.2, 0.25) is 0 Å². The zero-order chi connectivity index (χ0) is 9.26. The highest BCUT2D eigenvalue weighted by Crippen LogP contribution is 2.45. The van der Waals surface area contributed by atoms with Crippen LogP contribution in [0, 0.1) is 5.92 Å². The maximum absolute atomic E-state index is 4.19. The molecule has 2 rings (SSSR count). The average molecular weight is 179 g/mol. The van der Waals surface area contributed by atoms with E-state index in [9.17, 15) is 0 Å². The van der Waals surface area contributed by atoms with Crippen molar-refractivity contribution in [3.05, 3.63) is 18.2 Å². The first-order chi connectivity index (χ1) is 6.36. The van der Waals surface area contributed by atoms with Crippen molar-refractivity contribution < 1.29 is 0 Å². The summed E-state index contributed by atoms with van der Waals surface area (Å²) >= 11 is 0. The van der Waals surface area contributed by atoms with Gasteiger partial charge in [-0.1, -0.05) is 13.3 Å². The predicted octanol–water partition coefficient (Wildman–Crippen LogP) is 1.57. The maximum atomic E-state index is 4.19. The summed E-state index contributed by atoms with van der Waals surface area (Å²) in [7, 11) is 1.97. The number of hydrogen-bond donors (Lipinski definition) is 1. The molecule has 3 nitrogen and oxygen atoms in total. The van der Waals surface area contributed by atoms with Crippen molar-refractivity contribution in [2.75, 3.05) is 7.05 Å². The monoisotopic (exact) mass is 179 g/mol. The molecule has 0 aliphatic heterocycles. The minimum Gasteiger partial charge on any atom is -0.330 e. The first-order valence-electron chi connectivity index (χ1n) is 5.02. The van der Waals surface area contributed by atoms with Crippen LogP contribution < -0.4 is 5.32 Å². The van der Waals surface area contributed by atoms with Crippen molar-refractivity contribution in [1.82, 2.24) is 14.9 Å². The van der Waals surface area contributed by atoms with Gasteiger partial charge in [-0.15, -0.1) is 0 Å². The van der Waals surface area contributed by atoms with Crippen LogP contribution in [0.2, 0.25) is 0 Å². The van der Waals surface area contributed by atoms with E-state index in [2.05, 4.69) is 21.8 Å². The first kappa shape index (κ1) is 8.75. The van der Waals surface area contributed by atoms with Crippen LogP contribution in [0.3, 0.4) is 0 Å². The lowest BCUT2D eigenvalue weighted by molar-refractivity contribution is 0.603. The molecule has 2 unspecified atom stereocenters. The van der Waals surface area contributed by atoms with Crippen molar-refractivity contribution in [1.29, 1.82) is 0 Å².